The van der Waals surface area contributed by atoms with Gasteiger partial charge in [-0.15, -0.1) is 11.3 Å². The number of anilines is 2. The van der Waals surface area contributed by atoms with Gasteiger partial charge in [0, 0.05) is 0 Å². The maximum absolute atomic E-state index is 13.1. The van der Waals surface area contributed by atoms with Gasteiger partial charge >= 0.3 is 6.18 Å². The average molecular weight is 524 g/mol. The molecule has 34 heavy (non-hydrogen) atoms. The lowest BCUT2D eigenvalue weighted by molar-refractivity contribution is -0.137. The van der Waals surface area contributed by atoms with Crippen molar-refractivity contribution in [1.82, 2.24) is 4.98 Å². The summed E-state index contributed by atoms with van der Waals surface area (Å²) in [6.45, 7) is 0. The van der Waals surface area contributed by atoms with Crippen LogP contribution in [0.4, 0.5) is 24.5 Å². The lowest BCUT2D eigenvalue weighted by Gasteiger charge is -2.13. The van der Waals surface area contributed by atoms with Crippen molar-refractivity contribution < 1.29 is 26.4 Å². The molecule has 0 atom stereocenters. The summed E-state index contributed by atoms with van der Waals surface area (Å²) in [5.74, 6) is -0.739. The van der Waals surface area contributed by atoms with Crippen LogP contribution >= 0.6 is 23.1 Å². The second kappa shape index (κ2) is 9.65. The van der Waals surface area contributed by atoms with Crippen molar-refractivity contribution in [2.45, 2.75) is 15.4 Å². The molecule has 4 rings (SSSR count). The molecule has 6 nitrogen and oxygen atoms in total. The highest BCUT2D eigenvalue weighted by molar-refractivity contribution is 8.01. The lowest BCUT2D eigenvalue weighted by Crippen LogP contribution is -2.18. The van der Waals surface area contributed by atoms with Gasteiger partial charge in [-0.25, -0.2) is 13.4 Å². The Balaban J connectivity index is 1.43. The zero-order chi connectivity index (χ0) is 24.3. The van der Waals surface area contributed by atoms with Gasteiger partial charge in [-0.1, -0.05) is 42.1 Å². The predicted molar refractivity (Wildman–Crippen MR) is 128 cm³/mol. The number of thiazole rings is 1. The maximum atomic E-state index is 13.1. The standard InChI is InChI=1S/C22H16F3N3O3S3/c23-22(24,25)16-8-4-5-9-17(16)26-20(29)13-32-21-27-18-11-10-14(12-19(18)33-21)28-34(30,31)15-6-2-1-3-7-15/h1-12,28H,13H2,(H,26,29). The molecule has 2 N–H and O–H groups in total. The summed E-state index contributed by atoms with van der Waals surface area (Å²) in [7, 11) is -3.74. The van der Waals surface area contributed by atoms with E-state index in [-0.39, 0.29) is 16.3 Å². The van der Waals surface area contributed by atoms with Gasteiger partial charge in [-0.3, -0.25) is 9.52 Å². The van der Waals surface area contributed by atoms with E-state index in [1.165, 1.54) is 41.7 Å². The minimum Gasteiger partial charge on any atom is -0.325 e. The van der Waals surface area contributed by atoms with E-state index in [4.69, 9.17) is 0 Å². The number of nitrogens with one attached hydrogen (secondary N) is 2. The molecule has 0 aliphatic heterocycles. The van der Waals surface area contributed by atoms with Crippen LogP contribution in [-0.2, 0) is 21.0 Å². The summed E-state index contributed by atoms with van der Waals surface area (Å²) in [5.41, 5.74) is -0.255. The number of halogens is 3. The Morgan fingerprint density at radius 3 is 2.44 bits per heavy atom. The Bertz CT molecular complexity index is 1440. The first kappa shape index (κ1) is 24.0. The number of sulfonamides is 1. The number of fused-ring (bicyclic) bond motifs is 1. The van der Waals surface area contributed by atoms with Gasteiger partial charge in [0.25, 0.3) is 10.0 Å². The van der Waals surface area contributed by atoms with Gasteiger partial charge in [-0.05, 0) is 42.5 Å². The van der Waals surface area contributed by atoms with Crippen molar-refractivity contribution in [2.75, 3.05) is 15.8 Å². The number of aromatic nitrogens is 1. The first-order chi connectivity index (χ1) is 16.1. The van der Waals surface area contributed by atoms with Crippen molar-refractivity contribution in [3.8, 4) is 0 Å². The van der Waals surface area contributed by atoms with E-state index < -0.39 is 27.7 Å². The number of rotatable bonds is 7. The Kier molecular flexibility index (Phi) is 6.82. The Morgan fingerprint density at radius 2 is 1.71 bits per heavy atom. The molecule has 12 heteroatoms. The van der Waals surface area contributed by atoms with E-state index in [1.807, 2.05) is 0 Å². The third-order valence-electron chi connectivity index (χ3n) is 4.51. The molecule has 0 spiro atoms. The molecule has 0 bridgehead atoms. The summed E-state index contributed by atoms with van der Waals surface area (Å²) in [6, 6.07) is 17.6. The van der Waals surface area contributed by atoms with Crippen LogP contribution in [0.25, 0.3) is 10.2 Å². The van der Waals surface area contributed by atoms with E-state index >= 15 is 0 Å². The molecule has 0 radical (unpaired) electrons. The Labute approximate surface area is 201 Å². The van der Waals surface area contributed by atoms with E-state index in [9.17, 15) is 26.4 Å². The summed E-state index contributed by atoms with van der Waals surface area (Å²) >= 11 is 2.32. The molecule has 0 aliphatic carbocycles. The highest BCUT2D eigenvalue weighted by Crippen LogP contribution is 2.35. The summed E-state index contributed by atoms with van der Waals surface area (Å²) in [5, 5.41) is 2.29. The molecule has 0 aliphatic rings. The van der Waals surface area contributed by atoms with Crippen molar-refractivity contribution in [1.29, 1.82) is 0 Å². The minimum absolute atomic E-state index is 0.133. The van der Waals surface area contributed by atoms with Gasteiger partial charge in [0.2, 0.25) is 5.91 Å². The van der Waals surface area contributed by atoms with Crippen LogP contribution < -0.4 is 10.0 Å². The van der Waals surface area contributed by atoms with Crippen molar-refractivity contribution in [3.05, 3.63) is 78.4 Å². The zero-order valence-electron chi connectivity index (χ0n) is 17.2. The van der Waals surface area contributed by atoms with Crippen LogP contribution in [0.15, 0.2) is 82.0 Å². The van der Waals surface area contributed by atoms with Crippen LogP contribution in [0.5, 0.6) is 0 Å². The molecule has 0 saturated carbocycles. The average Bonchev–Trinajstić information content (AvgIpc) is 3.20. The summed E-state index contributed by atoms with van der Waals surface area (Å²) in [6.07, 6.45) is -4.58. The number of alkyl halides is 3. The summed E-state index contributed by atoms with van der Waals surface area (Å²) in [4.78, 5) is 16.7. The molecule has 3 aromatic carbocycles. The monoisotopic (exact) mass is 523 g/mol. The molecule has 1 heterocycles. The van der Waals surface area contributed by atoms with Crippen LogP contribution in [0.3, 0.4) is 0 Å². The Hall–Kier alpha value is -3.09. The SMILES string of the molecule is O=C(CSc1nc2ccc(NS(=O)(=O)c3ccccc3)cc2s1)Nc1ccccc1C(F)(F)F. The number of hydrogen-bond donors (Lipinski definition) is 2. The van der Waals surface area contributed by atoms with Gasteiger partial charge in [-0.2, -0.15) is 13.2 Å². The molecule has 0 fully saturated rings. The number of carbonyl (C=O) groups is 1. The quantitative estimate of drug-likeness (QED) is 0.297. The normalized spacial score (nSPS) is 12.0. The topological polar surface area (TPSA) is 88.2 Å². The Morgan fingerprint density at radius 1 is 1.00 bits per heavy atom. The number of amides is 1. The fourth-order valence-electron chi connectivity index (χ4n) is 3.00. The molecular weight excluding hydrogens is 507 g/mol. The number of para-hydroxylation sites is 1. The van der Waals surface area contributed by atoms with E-state index in [1.54, 1.807) is 36.4 Å². The maximum Gasteiger partial charge on any atom is 0.418 e. The molecule has 176 valence electrons. The minimum atomic E-state index is -4.58. The van der Waals surface area contributed by atoms with Gasteiger partial charge in [0.1, 0.15) is 0 Å². The van der Waals surface area contributed by atoms with Crippen molar-refractivity contribution in [2.24, 2.45) is 0 Å². The predicted octanol–water partition coefficient (Wildman–Crippen LogP) is 5.85. The molecule has 0 unspecified atom stereocenters. The van der Waals surface area contributed by atoms with E-state index in [2.05, 4.69) is 15.0 Å². The number of nitrogens with zero attached hydrogens (tertiary/aromatic N) is 1. The first-order valence-electron chi connectivity index (χ1n) is 9.69. The van der Waals surface area contributed by atoms with Crippen molar-refractivity contribution in [3.63, 3.8) is 0 Å². The number of hydrogen-bond acceptors (Lipinski definition) is 6. The van der Waals surface area contributed by atoms with Crippen LogP contribution in [-0.4, -0.2) is 25.1 Å². The second-order valence-electron chi connectivity index (χ2n) is 6.96. The van der Waals surface area contributed by atoms with Crippen molar-refractivity contribution >= 4 is 60.6 Å². The third kappa shape index (κ3) is 5.69. The number of benzene rings is 3. The van der Waals surface area contributed by atoms with Crippen LogP contribution in [0, 0.1) is 0 Å². The molecule has 4 aromatic rings. The van der Waals surface area contributed by atoms with E-state index in [0.717, 1.165) is 17.8 Å². The van der Waals surface area contributed by atoms with E-state index in [0.29, 0.717) is 20.2 Å². The molecule has 1 aromatic heterocycles. The highest BCUT2D eigenvalue weighted by Gasteiger charge is 2.33. The van der Waals surface area contributed by atoms with Crippen LogP contribution in [0.2, 0.25) is 0 Å². The van der Waals surface area contributed by atoms with Crippen LogP contribution in [0.1, 0.15) is 5.56 Å². The number of carbonyl (C=O) groups excluding carboxylic acids is 1. The third-order valence-corrected chi connectivity index (χ3v) is 8.07. The molecular formula is C22H16F3N3O3S3. The summed E-state index contributed by atoms with van der Waals surface area (Å²) < 4.78 is 68.0. The molecule has 0 saturated heterocycles. The smallest absolute Gasteiger partial charge is 0.325 e. The zero-order valence-corrected chi connectivity index (χ0v) is 19.6. The van der Waals surface area contributed by atoms with Gasteiger partial charge in [0.05, 0.1) is 37.8 Å². The lowest BCUT2D eigenvalue weighted by atomic mass is 10.1. The fourth-order valence-corrected chi connectivity index (χ4v) is 5.97. The largest absolute Gasteiger partial charge is 0.418 e. The van der Waals surface area contributed by atoms with Gasteiger partial charge in [0.15, 0.2) is 4.34 Å². The number of thioether (sulfide) groups is 1. The highest BCUT2D eigenvalue weighted by atomic mass is 32.2. The fraction of sp³-hybridized carbons (Fsp3) is 0.0909. The second-order valence-corrected chi connectivity index (χ2v) is 10.9. The van der Waals surface area contributed by atoms with Gasteiger partial charge < -0.3 is 5.32 Å². The molecule has 1 amide bonds. The first-order valence-corrected chi connectivity index (χ1v) is 13.0.